The second-order valence-electron chi connectivity index (χ2n) is 3.81. The van der Waals surface area contributed by atoms with Gasteiger partial charge in [0.25, 0.3) is 0 Å². The lowest BCUT2D eigenvalue weighted by Gasteiger charge is -2.15. The van der Waals surface area contributed by atoms with Crippen molar-refractivity contribution in [3.63, 3.8) is 0 Å². The summed E-state index contributed by atoms with van der Waals surface area (Å²) in [6, 6.07) is 9.04. The van der Waals surface area contributed by atoms with E-state index in [4.69, 9.17) is 33.7 Å². The highest BCUT2D eigenvalue weighted by Gasteiger charge is 2.12. The van der Waals surface area contributed by atoms with Crippen LogP contribution in [0.2, 0.25) is 10.0 Å². The third kappa shape index (κ3) is 5.30. The Labute approximate surface area is 131 Å². The SMILES string of the molecule is N#CCN(CC#N)C(=O)CSCc1ccc(Cl)c(Cl)c1. The van der Waals surface area contributed by atoms with Crippen LogP contribution in [0.4, 0.5) is 0 Å². The van der Waals surface area contributed by atoms with Crippen LogP contribution in [-0.2, 0) is 10.5 Å². The number of halogens is 2. The first kappa shape index (κ1) is 16.7. The Morgan fingerprint density at radius 2 is 1.85 bits per heavy atom. The third-order valence-corrected chi connectivity index (χ3v) is 4.08. The first-order valence-corrected chi connectivity index (χ1v) is 7.53. The Balaban J connectivity index is 2.47. The van der Waals surface area contributed by atoms with Gasteiger partial charge in [-0.25, -0.2) is 0 Å². The number of hydrogen-bond donors (Lipinski definition) is 0. The Hall–Kier alpha value is -1.40. The van der Waals surface area contributed by atoms with Gasteiger partial charge in [0.15, 0.2) is 0 Å². The maximum absolute atomic E-state index is 11.8. The van der Waals surface area contributed by atoms with Gasteiger partial charge in [-0.3, -0.25) is 4.79 Å². The molecule has 20 heavy (non-hydrogen) atoms. The molecule has 0 spiro atoms. The number of nitriles is 2. The van der Waals surface area contributed by atoms with E-state index in [0.717, 1.165) is 5.56 Å². The minimum atomic E-state index is -0.224. The maximum Gasteiger partial charge on any atom is 0.234 e. The molecular formula is C13H11Cl2N3OS. The summed E-state index contributed by atoms with van der Waals surface area (Å²) in [6.45, 7) is -0.139. The number of benzene rings is 1. The second-order valence-corrected chi connectivity index (χ2v) is 5.61. The summed E-state index contributed by atoms with van der Waals surface area (Å²) >= 11 is 13.1. The molecule has 1 aromatic rings. The van der Waals surface area contributed by atoms with Crippen molar-refractivity contribution in [3.8, 4) is 12.1 Å². The molecule has 0 saturated carbocycles. The molecule has 0 atom stereocenters. The molecule has 0 radical (unpaired) electrons. The summed E-state index contributed by atoms with van der Waals surface area (Å²) in [5.41, 5.74) is 0.962. The van der Waals surface area contributed by atoms with E-state index in [1.165, 1.54) is 16.7 Å². The van der Waals surface area contributed by atoms with E-state index in [0.29, 0.717) is 15.8 Å². The van der Waals surface area contributed by atoms with Gasteiger partial charge >= 0.3 is 0 Å². The normalized spacial score (nSPS) is 9.60. The van der Waals surface area contributed by atoms with Crippen LogP contribution in [0.3, 0.4) is 0 Å². The second kappa shape index (κ2) is 8.71. The first-order chi connectivity index (χ1) is 9.58. The van der Waals surface area contributed by atoms with Crippen molar-refractivity contribution in [3.05, 3.63) is 33.8 Å². The summed E-state index contributed by atoms with van der Waals surface area (Å²) in [4.78, 5) is 13.0. The van der Waals surface area contributed by atoms with Gasteiger partial charge in [0.05, 0.1) is 27.9 Å². The van der Waals surface area contributed by atoms with Crippen molar-refractivity contribution in [2.24, 2.45) is 0 Å². The van der Waals surface area contributed by atoms with E-state index in [1.807, 2.05) is 18.2 Å². The predicted octanol–water partition coefficient (Wildman–Crippen LogP) is 3.10. The average Bonchev–Trinajstić information content (AvgIpc) is 2.42. The molecule has 7 heteroatoms. The summed E-state index contributed by atoms with van der Waals surface area (Å²) in [7, 11) is 0. The van der Waals surface area contributed by atoms with Gasteiger partial charge in [0, 0.05) is 5.75 Å². The molecular weight excluding hydrogens is 317 g/mol. The number of carbonyl (C=O) groups is 1. The van der Waals surface area contributed by atoms with Crippen LogP contribution in [0.25, 0.3) is 0 Å². The zero-order chi connectivity index (χ0) is 15.0. The number of carbonyl (C=O) groups excluding carboxylic acids is 1. The van der Waals surface area contributed by atoms with Crippen LogP contribution in [-0.4, -0.2) is 29.6 Å². The van der Waals surface area contributed by atoms with Crippen molar-refractivity contribution in [2.45, 2.75) is 5.75 Å². The van der Waals surface area contributed by atoms with Gasteiger partial charge in [-0.05, 0) is 17.7 Å². The van der Waals surface area contributed by atoms with Crippen LogP contribution in [0, 0.1) is 22.7 Å². The minimum Gasteiger partial charge on any atom is -0.315 e. The zero-order valence-corrected chi connectivity index (χ0v) is 12.8. The summed E-state index contributed by atoms with van der Waals surface area (Å²) in [5.74, 6) is 0.595. The van der Waals surface area contributed by atoms with Crippen molar-refractivity contribution in [1.29, 1.82) is 10.5 Å². The number of thioether (sulfide) groups is 1. The van der Waals surface area contributed by atoms with Crippen LogP contribution in [0.15, 0.2) is 18.2 Å². The molecule has 0 fully saturated rings. The Bertz CT molecular complexity index is 550. The molecule has 0 bridgehead atoms. The van der Waals surface area contributed by atoms with Crippen LogP contribution < -0.4 is 0 Å². The molecule has 0 aliphatic heterocycles. The van der Waals surface area contributed by atoms with Gasteiger partial charge in [-0.1, -0.05) is 29.3 Å². The number of hydrogen-bond acceptors (Lipinski definition) is 4. The molecule has 0 saturated heterocycles. The third-order valence-electron chi connectivity index (χ3n) is 2.35. The van der Waals surface area contributed by atoms with E-state index in [-0.39, 0.29) is 24.7 Å². The molecule has 1 rings (SSSR count). The van der Waals surface area contributed by atoms with Gasteiger partial charge < -0.3 is 4.90 Å². The smallest absolute Gasteiger partial charge is 0.234 e. The fourth-order valence-corrected chi connectivity index (χ4v) is 2.58. The molecule has 0 aliphatic carbocycles. The fraction of sp³-hybridized carbons (Fsp3) is 0.308. The van der Waals surface area contributed by atoms with E-state index in [2.05, 4.69) is 0 Å². The zero-order valence-electron chi connectivity index (χ0n) is 10.5. The standard InChI is InChI=1S/C13H11Cl2N3OS/c14-11-2-1-10(7-12(11)15)8-20-9-13(19)18(5-3-16)6-4-17/h1-2,7H,5-6,8-9H2. The largest absolute Gasteiger partial charge is 0.315 e. The van der Waals surface area contributed by atoms with E-state index >= 15 is 0 Å². The topological polar surface area (TPSA) is 67.9 Å². The van der Waals surface area contributed by atoms with Gasteiger partial charge in [-0.15, -0.1) is 11.8 Å². The van der Waals surface area contributed by atoms with Crippen LogP contribution in [0.1, 0.15) is 5.56 Å². The Morgan fingerprint density at radius 3 is 2.40 bits per heavy atom. The molecule has 104 valence electrons. The quantitative estimate of drug-likeness (QED) is 0.753. The van der Waals surface area contributed by atoms with Gasteiger partial charge in [-0.2, -0.15) is 10.5 Å². The van der Waals surface area contributed by atoms with Crippen molar-refractivity contribution >= 4 is 40.9 Å². The molecule has 1 amide bonds. The maximum atomic E-state index is 11.8. The molecule has 4 nitrogen and oxygen atoms in total. The summed E-state index contributed by atoms with van der Waals surface area (Å²) in [5, 5.41) is 18.1. The summed E-state index contributed by atoms with van der Waals surface area (Å²) in [6.07, 6.45) is 0. The summed E-state index contributed by atoms with van der Waals surface area (Å²) < 4.78 is 0. The van der Waals surface area contributed by atoms with Crippen LogP contribution in [0.5, 0.6) is 0 Å². The number of nitrogens with zero attached hydrogens (tertiary/aromatic N) is 3. The highest BCUT2D eigenvalue weighted by molar-refractivity contribution is 7.99. The molecule has 0 unspecified atom stereocenters. The predicted molar refractivity (Wildman–Crippen MR) is 80.4 cm³/mol. The Kier molecular flexibility index (Phi) is 7.25. The highest BCUT2D eigenvalue weighted by Crippen LogP contribution is 2.24. The van der Waals surface area contributed by atoms with Gasteiger partial charge in [0.2, 0.25) is 5.91 Å². The molecule has 1 aromatic carbocycles. The van der Waals surface area contributed by atoms with E-state index in [1.54, 1.807) is 12.1 Å². The monoisotopic (exact) mass is 327 g/mol. The number of amides is 1. The van der Waals surface area contributed by atoms with E-state index in [9.17, 15) is 4.79 Å². The first-order valence-electron chi connectivity index (χ1n) is 5.61. The van der Waals surface area contributed by atoms with Crippen molar-refractivity contribution in [1.82, 2.24) is 4.90 Å². The number of rotatable bonds is 6. The highest BCUT2D eigenvalue weighted by atomic mass is 35.5. The van der Waals surface area contributed by atoms with Crippen molar-refractivity contribution < 1.29 is 4.79 Å². The lowest BCUT2D eigenvalue weighted by Crippen LogP contribution is -2.33. The Morgan fingerprint density at radius 1 is 1.20 bits per heavy atom. The fourth-order valence-electron chi connectivity index (χ4n) is 1.38. The minimum absolute atomic E-state index is 0.0697. The lowest BCUT2D eigenvalue weighted by molar-refractivity contribution is -0.127. The molecule has 0 N–H and O–H groups in total. The molecule has 0 heterocycles. The van der Waals surface area contributed by atoms with Crippen molar-refractivity contribution in [2.75, 3.05) is 18.8 Å². The van der Waals surface area contributed by atoms with Gasteiger partial charge in [0.1, 0.15) is 13.1 Å². The average molecular weight is 328 g/mol. The molecule has 0 aliphatic rings. The molecule has 0 aromatic heterocycles. The van der Waals surface area contributed by atoms with Crippen LogP contribution >= 0.6 is 35.0 Å². The lowest BCUT2D eigenvalue weighted by atomic mass is 10.2. The van der Waals surface area contributed by atoms with E-state index < -0.39 is 0 Å².